The summed E-state index contributed by atoms with van der Waals surface area (Å²) in [5, 5.41) is 96.5. The zero-order chi connectivity index (χ0) is 48.9. The molecule has 0 aromatic rings. The summed E-state index contributed by atoms with van der Waals surface area (Å²) in [5.41, 5.74) is 1.24. The number of hydrogen-bond donors (Lipinski definition) is 9. The minimum atomic E-state index is -1.90. The highest BCUT2D eigenvalue weighted by molar-refractivity contribution is 5.90. The third kappa shape index (κ3) is 8.70. The van der Waals surface area contributed by atoms with Crippen LogP contribution in [0.2, 0.25) is 0 Å². The smallest absolute Gasteiger partial charge is 0.317 e. The molecule has 0 aromatic heterocycles. The number of rotatable bonds is 10. The van der Waals surface area contributed by atoms with Crippen LogP contribution in [0.15, 0.2) is 11.6 Å². The quantitative estimate of drug-likeness (QED) is 0.0822. The second-order valence-electron chi connectivity index (χ2n) is 22.2. The number of carboxylic acid groups (broad SMARTS) is 1. The van der Waals surface area contributed by atoms with Crippen LogP contribution in [0.1, 0.15) is 106 Å². The molecule has 20 heteroatoms. The maximum absolute atomic E-state index is 12.2. The van der Waals surface area contributed by atoms with E-state index < -0.39 is 135 Å². The van der Waals surface area contributed by atoms with Gasteiger partial charge in [0.2, 0.25) is 0 Å². The van der Waals surface area contributed by atoms with Gasteiger partial charge in [0, 0.05) is 18.3 Å². The van der Waals surface area contributed by atoms with Gasteiger partial charge in [-0.05, 0) is 99.7 Å². The minimum absolute atomic E-state index is 0.0722. The van der Waals surface area contributed by atoms with Crippen LogP contribution in [0.3, 0.4) is 0 Å². The Labute approximate surface area is 396 Å². The first-order chi connectivity index (χ1) is 32.1. The van der Waals surface area contributed by atoms with E-state index in [0.717, 1.165) is 44.9 Å². The van der Waals surface area contributed by atoms with Crippen molar-refractivity contribution in [2.75, 3.05) is 6.61 Å². The Morgan fingerprint density at radius 1 is 0.721 bits per heavy atom. The van der Waals surface area contributed by atoms with Gasteiger partial charge in [-0.1, -0.05) is 39.3 Å². The van der Waals surface area contributed by atoms with Gasteiger partial charge in [-0.3, -0.25) is 9.59 Å². The molecule has 0 radical (unpaired) electrons. The summed E-state index contributed by atoms with van der Waals surface area (Å²) in [6.07, 6.45) is -15.3. The number of aliphatic hydroxyl groups is 8. The molecule has 0 aromatic carbocycles. The maximum atomic E-state index is 12.2. The van der Waals surface area contributed by atoms with Crippen LogP contribution in [-0.2, 0) is 52.2 Å². The Balaban J connectivity index is 0.917. The Bertz CT molecular complexity index is 1870. The fourth-order valence-corrected chi connectivity index (χ4v) is 14.5. The minimum Gasteiger partial charge on any atom is -0.481 e. The Kier molecular flexibility index (Phi) is 14.3. The molecule has 4 aliphatic carbocycles. The predicted octanol–water partition coefficient (Wildman–Crippen LogP) is 0.586. The van der Waals surface area contributed by atoms with E-state index in [1.54, 1.807) is 0 Å². The van der Waals surface area contributed by atoms with Gasteiger partial charge in [-0.25, -0.2) is 0 Å². The number of esters is 1. The molecule has 5 heterocycles. The number of aliphatic carboxylic acids is 1. The summed E-state index contributed by atoms with van der Waals surface area (Å²) < 4.78 is 55.1. The monoisotopic (exact) mass is 970 g/mol. The molecule has 3 saturated carbocycles. The highest BCUT2D eigenvalue weighted by atomic mass is 16.8. The molecule has 68 heavy (non-hydrogen) atoms. The molecule has 386 valence electrons. The highest BCUT2D eigenvalue weighted by Crippen LogP contribution is 2.71. The maximum Gasteiger partial charge on any atom is 0.317 e. The molecule has 9 aliphatic rings. The van der Waals surface area contributed by atoms with Gasteiger partial charge in [0.15, 0.2) is 37.1 Å². The third-order valence-electron chi connectivity index (χ3n) is 18.3. The molecule has 5 saturated heterocycles. The van der Waals surface area contributed by atoms with Crippen LogP contribution >= 0.6 is 0 Å². The Morgan fingerprint density at radius 3 is 2.10 bits per heavy atom. The van der Waals surface area contributed by atoms with Gasteiger partial charge in [-0.15, -0.1) is 0 Å². The van der Waals surface area contributed by atoms with E-state index in [4.69, 9.17) is 47.7 Å². The zero-order valence-corrected chi connectivity index (χ0v) is 39.7. The largest absolute Gasteiger partial charge is 0.481 e. The molecule has 5 aliphatic heterocycles. The summed E-state index contributed by atoms with van der Waals surface area (Å²) >= 11 is 0. The highest BCUT2D eigenvalue weighted by Gasteiger charge is 2.69. The molecule has 8 fully saturated rings. The van der Waals surface area contributed by atoms with Crippen molar-refractivity contribution in [3.05, 3.63) is 11.6 Å². The predicted molar refractivity (Wildman–Crippen MR) is 230 cm³/mol. The Hall–Kier alpha value is -1.96. The van der Waals surface area contributed by atoms with E-state index in [-0.39, 0.29) is 28.8 Å². The molecule has 27 atom stereocenters. The number of allylic oxidation sites excluding steroid dienone is 1. The summed E-state index contributed by atoms with van der Waals surface area (Å²) in [5.74, 6) is -1.43. The van der Waals surface area contributed by atoms with E-state index in [0.29, 0.717) is 36.5 Å². The third-order valence-corrected chi connectivity index (χ3v) is 18.3. The Morgan fingerprint density at radius 2 is 1.41 bits per heavy atom. The molecular weight excluding hydrogens is 897 g/mol. The summed E-state index contributed by atoms with van der Waals surface area (Å²) in [6, 6.07) is 0. The first kappa shape index (κ1) is 51.0. The van der Waals surface area contributed by atoms with Crippen LogP contribution in [-0.4, -0.2) is 181 Å². The van der Waals surface area contributed by atoms with Crippen molar-refractivity contribution in [3.8, 4) is 0 Å². The van der Waals surface area contributed by atoms with Crippen LogP contribution in [0.25, 0.3) is 0 Å². The average molecular weight is 971 g/mol. The number of carbonyl (C=O) groups is 2. The number of carboxylic acids is 1. The van der Waals surface area contributed by atoms with Crippen molar-refractivity contribution < 1.29 is 98.2 Å². The fraction of sp³-hybridized carbons (Fsp3) is 0.917. The molecular formula is C48H74O20. The van der Waals surface area contributed by atoms with Gasteiger partial charge in [0.25, 0.3) is 0 Å². The molecule has 9 N–H and O–H groups in total. The molecule has 27 unspecified atom stereocenters. The van der Waals surface area contributed by atoms with Crippen LogP contribution in [0, 0.1) is 46.3 Å². The van der Waals surface area contributed by atoms with E-state index in [1.807, 2.05) is 6.92 Å². The van der Waals surface area contributed by atoms with Crippen molar-refractivity contribution in [1.29, 1.82) is 0 Å². The second-order valence-corrected chi connectivity index (χ2v) is 22.2. The lowest BCUT2D eigenvalue weighted by molar-refractivity contribution is -0.388. The van der Waals surface area contributed by atoms with Crippen LogP contribution in [0.4, 0.5) is 0 Å². The van der Waals surface area contributed by atoms with Gasteiger partial charge >= 0.3 is 11.9 Å². The standard InChI is InChI=1S/C48H74O20/c1-19-9-14-48(68-42(19)59)20(2)32-28(67-48)16-27-25-8-7-23-15-24(10-12-46(23,5)26(25)11-13-47(27,32)6)62-45-41(66-44-37(57)35(55)39(22(4)61-44)64-31(52)17-30(50)51)38(58)40(29(18-49)63-45)65-43-36(56)34(54)33(53)21(3)60-43/h7,19-22,24-29,32-45,49,53-59H,8-18H2,1-6H3,(H,50,51). The van der Waals surface area contributed by atoms with Crippen molar-refractivity contribution in [1.82, 2.24) is 0 Å². The van der Waals surface area contributed by atoms with Crippen LogP contribution < -0.4 is 0 Å². The van der Waals surface area contributed by atoms with Crippen LogP contribution in [0.5, 0.6) is 0 Å². The number of fused-ring (bicyclic) bond motifs is 7. The number of carbonyl (C=O) groups excluding carboxylic acids is 1. The summed E-state index contributed by atoms with van der Waals surface area (Å²) in [4.78, 5) is 23.3. The molecule has 9 rings (SSSR count). The number of ether oxygens (including phenoxy) is 9. The lowest BCUT2D eigenvalue weighted by atomic mass is 9.47. The topological polar surface area (TPSA) is 299 Å². The second kappa shape index (κ2) is 19.1. The van der Waals surface area contributed by atoms with E-state index in [2.05, 4.69) is 26.8 Å². The van der Waals surface area contributed by atoms with Crippen molar-refractivity contribution in [3.63, 3.8) is 0 Å². The number of hydrogen-bond acceptors (Lipinski definition) is 19. The number of aliphatic hydroxyl groups excluding tert-OH is 8. The lowest BCUT2D eigenvalue weighted by Crippen LogP contribution is -2.66. The molecule has 0 amide bonds. The molecule has 1 spiro atoms. The van der Waals surface area contributed by atoms with Gasteiger partial charge in [-0.2, -0.15) is 0 Å². The van der Waals surface area contributed by atoms with Gasteiger partial charge < -0.3 is 88.6 Å². The molecule has 20 nitrogen and oxygen atoms in total. The van der Waals surface area contributed by atoms with Crippen molar-refractivity contribution in [2.24, 2.45) is 46.3 Å². The van der Waals surface area contributed by atoms with Gasteiger partial charge in [0.05, 0.1) is 31.0 Å². The first-order valence-corrected chi connectivity index (χ1v) is 24.9. The van der Waals surface area contributed by atoms with Crippen molar-refractivity contribution >= 4 is 11.9 Å². The van der Waals surface area contributed by atoms with Crippen molar-refractivity contribution in [2.45, 2.75) is 222 Å². The summed E-state index contributed by atoms with van der Waals surface area (Å²) in [7, 11) is 0. The zero-order valence-electron chi connectivity index (χ0n) is 39.7. The fourth-order valence-electron chi connectivity index (χ4n) is 14.5. The van der Waals surface area contributed by atoms with E-state index >= 15 is 0 Å². The van der Waals surface area contributed by atoms with E-state index in [1.165, 1.54) is 19.4 Å². The molecule has 0 bridgehead atoms. The SMILES string of the molecule is CC1CCC2(OC1O)OC1CC3C4CC=C5CC(OC6OC(CO)C(OC7OC(C)C(O)C(O)C7O)C(O)C6OC6OC(C)C(OC(=O)CC(=O)O)C(O)C6O)CCC5(C)C4CCC3(C)C1C2C. The summed E-state index contributed by atoms with van der Waals surface area (Å²) in [6.45, 7) is 11.3. The van der Waals surface area contributed by atoms with E-state index in [9.17, 15) is 50.4 Å². The average Bonchev–Trinajstić information content (AvgIpc) is 3.73. The van der Waals surface area contributed by atoms with Gasteiger partial charge in [0.1, 0.15) is 61.4 Å². The lowest BCUT2D eigenvalue weighted by Gasteiger charge is -2.59. The normalized spacial score (nSPS) is 54.5. The first-order valence-electron chi connectivity index (χ1n) is 24.9.